The van der Waals surface area contributed by atoms with Gasteiger partial charge in [0.15, 0.2) is 0 Å². The van der Waals surface area contributed by atoms with Crippen LogP contribution in [-0.4, -0.2) is 5.78 Å². The number of rotatable bonds is 0. The molecule has 1 nitrogen and oxygen atoms in total. The molecule has 0 radical (unpaired) electrons. The molecule has 1 aliphatic rings. The van der Waals surface area contributed by atoms with Crippen LogP contribution >= 0.6 is 0 Å². The molecule has 1 fully saturated rings. The van der Waals surface area contributed by atoms with E-state index in [-0.39, 0.29) is 5.41 Å². The molecule has 1 heteroatoms. The van der Waals surface area contributed by atoms with E-state index in [1.165, 1.54) is 57.8 Å². The summed E-state index contributed by atoms with van der Waals surface area (Å²) in [6.07, 6.45) is 14.8. The van der Waals surface area contributed by atoms with E-state index >= 15 is 0 Å². The van der Waals surface area contributed by atoms with Crippen molar-refractivity contribution in [3.63, 3.8) is 0 Å². The standard InChI is InChI=1S/C16H30O/c1-16(2)13-11-9-7-5-3-4-6-8-10-12-15(17)14-16/h3-14H2,1-2H3. The van der Waals surface area contributed by atoms with Crippen molar-refractivity contribution in [1.29, 1.82) is 0 Å². The fourth-order valence-corrected chi connectivity index (χ4v) is 2.87. The largest absolute Gasteiger partial charge is 0.300 e. The van der Waals surface area contributed by atoms with Gasteiger partial charge in [0, 0.05) is 12.8 Å². The van der Waals surface area contributed by atoms with Crippen molar-refractivity contribution in [2.45, 2.75) is 90.9 Å². The van der Waals surface area contributed by atoms with E-state index in [0.717, 1.165) is 19.3 Å². The van der Waals surface area contributed by atoms with Crippen LogP contribution in [0, 0.1) is 5.41 Å². The Bertz CT molecular complexity index is 218. The number of hydrogen-bond donors (Lipinski definition) is 0. The van der Waals surface area contributed by atoms with Gasteiger partial charge in [0.1, 0.15) is 5.78 Å². The molecule has 0 saturated heterocycles. The molecule has 0 aromatic rings. The van der Waals surface area contributed by atoms with Crippen molar-refractivity contribution >= 4 is 5.78 Å². The molecule has 1 aliphatic carbocycles. The van der Waals surface area contributed by atoms with Crippen LogP contribution in [0.3, 0.4) is 0 Å². The third-order valence-electron chi connectivity index (χ3n) is 3.98. The van der Waals surface area contributed by atoms with Gasteiger partial charge in [0.25, 0.3) is 0 Å². The summed E-state index contributed by atoms with van der Waals surface area (Å²) in [4.78, 5) is 11.9. The lowest BCUT2D eigenvalue weighted by atomic mass is 9.81. The molecular weight excluding hydrogens is 208 g/mol. The first kappa shape index (κ1) is 14.7. The molecule has 0 N–H and O–H groups in total. The fourth-order valence-electron chi connectivity index (χ4n) is 2.87. The third-order valence-corrected chi connectivity index (χ3v) is 3.98. The van der Waals surface area contributed by atoms with E-state index in [4.69, 9.17) is 0 Å². The zero-order chi connectivity index (χ0) is 12.6. The van der Waals surface area contributed by atoms with Crippen LogP contribution in [-0.2, 0) is 4.79 Å². The lowest BCUT2D eigenvalue weighted by molar-refractivity contribution is -0.121. The fraction of sp³-hybridized carbons (Fsp3) is 0.938. The van der Waals surface area contributed by atoms with Crippen LogP contribution in [0.5, 0.6) is 0 Å². The lowest BCUT2D eigenvalue weighted by Gasteiger charge is -2.24. The summed E-state index contributed by atoms with van der Waals surface area (Å²) in [7, 11) is 0. The Hall–Kier alpha value is -0.330. The average Bonchev–Trinajstić information content (AvgIpc) is 2.24. The predicted octanol–water partition coefficient (Wildman–Crippen LogP) is 5.28. The van der Waals surface area contributed by atoms with Crippen LogP contribution in [0.15, 0.2) is 0 Å². The van der Waals surface area contributed by atoms with Crippen LogP contribution in [0.2, 0.25) is 0 Å². The Morgan fingerprint density at radius 2 is 1.24 bits per heavy atom. The van der Waals surface area contributed by atoms with Crippen LogP contribution in [0.1, 0.15) is 90.9 Å². The number of carbonyl (C=O) groups excluding carboxylic acids is 1. The minimum Gasteiger partial charge on any atom is -0.300 e. The predicted molar refractivity (Wildman–Crippen MR) is 74.2 cm³/mol. The maximum atomic E-state index is 11.9. The smallest absolute Gasteiger partial charge is 0.133 e. The number of carbonyl (C=O) groups is 1. The monoisotopic (exact) mass is 238 g/mol. The third kappa shape index (κ3) is 7.57. The minimum absolute atomic E-state index is 0.237. The van der Waals surface area contributed by atoms with Crippen LogP contribution < -0.4 is 0 Å². The van der Waals surface area contributed by atoms with E-state index in [9.17, 15) is 4.79 Å². The quantitative estimate of drug-likeness (QED) is 0.561. The Morgan fingerprint density at radius 1 is 0.765 bits per heavy atom. The highest BCUT2D eigenvalue weighted by Gasteiger charge is 2.21. The van der Waals surface area contributed by atoms with Gasteiger partial charge in [-0.3, -0.25) is 4.79 Å². The van der Waals surface area contributed by atoms with E-state index in [1.807, 2.05) is 0 Å². The first-order chi connectivity index (χ1) is 8.10. The van der Waals surface area contributed by atoms with E-state index in [2.05, 4.69) is 13.8 Å². The van der Waals surface area contributed by atoms with Crippen molar-refractivity contribution in [2.24, 2.45) is 5.41 Å². The van der Waals surface area contributed by atoms with Crippen molar-refractivity contribution in [3.8, 4) is 0 Å². The minimum atomic E-state index is 0.237. The topological polar surface area (TPSA) is 17.1 Å². The summed E-state index contributed by atoms with van der Waals surface area (Å²) in [5.41, 5.74) is 0.237. The van der Waals surface area contributed by atoms with Crippen LogP contribution in [0.4, 0.5) is 0 Å². The first-order valence-corrected chi connectivity index (χ1v) is 7.62. The molecule has 0 aromatic heterocycles. The molecule has 0 atom stereocenters. The second-order valence-corrected chi connectivity index (χ2v) is 6.56. The van der Waals surface area contributed by atoms with E-state index in [1.54, 1.807) is 0 Å². The maximum Gasteiger partial charge on any atom is 0.133 e. The zero-order valence-electron chi connectivity index (χ0n) is 11.9. The summed E-state index contributed by atoms with van der Waals surface area (Å²) in [5, 5.41) is 0. The normalized spacial score (nSPS) is 25.2. The molecular formula is C16H30O. The highest BCUT2D eigenvalue weighted by Crippen LogP contribution is 2.29. The first-order valence-electron chi connectivity index (χ1n) is 7.62. The number of ketones is 1. The average molecular weight is 238 g/mol. The Kier molecular flexibility index (Phi) is 6.84. The molecule has 0 spiro atoms. The number of hydrogen-bond acceptors (Lipinski definition) is 1. The number of Topliss-reactive ketones (excluding diaryl/α,β-unsaturated/α-hetero) is 1. The summed E-state index contributed by atoms with van der Waals surface area (Å²) >= 11 is 0. The maximum absolute atomic E-state index is 11.9. The molecule has 100 valence electrons. The van der Waals surface area contributed by atoms with Gasteiger partial charge in [0.05, 0.1) is 0 Å². The van der Waals surface area contributed by atoms with E-state index < -0.39 is 0 Å². The lowest BCUT2D eigenvalue weighted by Crippen LogP contribution is -2.17. The summed E-state index contributed by atoms with van der Waals surface area (Å²) in [5.74, 6) is 0.493. The molecule has 0 unspecified atom stereocenters. The molecule has 1 rings (SSSR count). The van der Waals surface area contributed by atoms with Gasteiger partial charge in [-0.1, -0.05) is 65.2 Å². The molecule has 0 aromatic carbocycles. The van der Waals surface area contributed by atoms with Gasteiger partial charge in [-0.05, 0) is 18.3 Å². The summed E-state index contributed by atoms with van der Waals surface area (Å²) in [6, 6.07) is 0. The van der Waals surface area contributed by atoms with Crippen molar-refractivity contribution in [1.82, 2.24) is 0 Å². The van der Waals surface area contributed by atoms with Gasteiger partial charge < -0.3 is 0 Å². The summed E-state index contributed by atoms with van der Waals surface area (Å²) < 4.78 is 0. The summed E-state index contributed by atoms with van der Waals surface area (Å²) in [6.45, 7) is 4.52. The van der Waals surface area contributed by atoms with E-state index in [0.29, 0.717) is 5.78 Å². The second kappa shape index (κ2) is 7.89. The Morgan fingerprint density at radius 3 is 1.82 bits per heavy atom. The highest BCUT2D eigenvalue weighted by atomic mass is 16.1. The zero-order valence-corrected chi connectivity index (χ0v) is 11.9. The molecule has 0 aliphatic heterocycles. The molecule has 0 amide bonds. The van der Waals surface area contributed by atoms with Gasteiger partial charge in [0.2, 0.25) is 0 Å². The van der Waals surface area contributed by atoms with Gasteiger partial charge >= 0.3 is 0 Å². The SMILES string of the molecule is CC1(C)CCCCCCCCCCCC(=O)C1. The van der Waals surface area contributed by atoms with Gasteiger partial charge in [-0.15, -0.1) is 0 Å². The Balaban J connectivity index is 2.36. The van der Waals surface area contributed by atoms with Gasteiger partial charge in [-0.25, -0.2) is 0 Å². The molecule has 1 saturated carbocycles. The van der Waals surface area contributed by atoms with Crippen molar-refractivity contribution < 1.29 is 4.79 Å². The second-order valence-electron chi connectivity index (χ2n) is 6.56. The molecule has 0 heterocycles. The Labute approximate surface area is 107 Å². The molecule has 0 bridgehead atoms. The van der Waals surface area contributed by atoms with Crippen LogP contribution in [0.25, 0.3) is 0 Å². The van der Waals surface area contributed by atoms with Crippen molar-refractivity contribution in [3.05, 3.63) is 0 Å². The highest BCUT2D eigenvalue weighted by molar-refractivity contribution is 5.78. The van der Waals surface area contributed by atoms with Crippen molar-refractivity contribution in [2.75, 3.05) is 0 Å². The van der Waals surface area contributed by atoms with Gasteiger partial charge in [-0.2, -0.15) is 0 Å². The molecule has 17 heavy (non-hydrogen) atoms.